The highest BCUT2D eigenvalue weighted by molar-refractivity contribution is 7.90. The van der Waals surface area contributed by atoms with Gasteiger partial charge in [-0.1, -0.05) is 75.1 Å². The molecule has 8 heteroatoms. The van der Waals surface area contributed by atoms with Crippen molar-refractivity contribution in [1.29, 1.82) is 0 Å². The highest BCUT2D eigenvalue weighted by Gasteiger charge is 2.61. The fourth-order valence-electron chi connectivity index (χ4n) is 7.42. The normalized spacial score (nSPS) is 26.7. The quantitative estimate of drug-likeness (QED) is 0.117. The summed E-state index contributed by atoms with van der Waals surface area (Å²) in [5, 5.41) is 0.885. The molecule has 0 unspecified atom stereocenters. The van der Waals surface area contributed by atoms with Crippen molar-refractivity contribution in [3.05, 3.63) is 78.5 Å². The van der Waals surface area contributed by atoms with Gasteiger partial charge in [0, 0.05) is 26.1 Å². The summed E-state index contributed by atoms with van der Waals surface area (Å²) in [6.07, 6.45) is 4.75. The lowest BCUT2D eigenvalue weighted by molar-refractivity contribution is -0.175. The molecule has 1 aromatic heterocycles. The highest BCUT2D eigenvalue weighted by atomic mass is 32.2. The number of ketones is 1. The van der Waals surface area contributed by atoms with Crippen LogP contribution in [-0.2, 0) is 30.8 Å². The molecule has 6 nitrogen and oxygen atoms in total. The van der Waals surface area contributed by atoms with Crippen LogP contribution in [0.25, 0.3) is 10.9 Å². The Morgan fingerprint density at radius 3 is 2.40 bits per heavy atom. The van der Waals surface area contributed by atoms with Crippen LogP contribution in [0.1, 0.15) is 45.1 Å². The molecule has 224 valence electrons. The molecule has 3 aromatic rings. The third kappa shape index (κ3) is 5.21. The van der Waals surface area contributed by atoms with Crippen LogP contribution < -0.4 is 0 Å². The molecular formula is C34H43NO5SSi. The molecule has 5 rings (SSSR count). The summed E-state index contributed by atoms with van der Waals surface area (Å²) in [7, 11) is -5.21. The summed E-state index contributed by atoms with van der Waals surface area (Å²) in [5.74, 6) is -0.613. The first kappa shape index (κ1) is 30.5. The fourth-order valence-corrected chi connectivity index (χ4v) is 9.54. The Morgan fingerprint density at radius 2 is 1.71 bits per heavy atom. The number of benzene rings is 2. The molecule has 0 amide bonds. The summed E-state index contributed by atoms with van der Waals surface area (Å²) in [6, 6.07) is 16.9. The molecule has 2 aliphatic rings. The van der Waals surface area contributed by atoms with Crippen molar-refractivity contribution < 1.29 is 22.7 Å². The average Bonchev–Trinajstić information content (AvgIpc) is 3.32. The molecule has 0 spiro atoms. The van der Waals surface area contributed by atoms with E-state index in [1.807, 2.05) is 24.3 Å². The van der Waals surface area contributed by atoms with Crippen molar-refractivity contribution in [2.24, 2.45) is 22.7 Å². The fraction of sp³-hybridized carbons (Fsp3) is 0.471. The van der Waals surface area contributed by atoms with Crippen LogP contribution in [0.3, 0.4) is 0 Å². The molecule has 0 bridgehead atoms. The SMILES string of the molecule is C=C1CC[C@@H]2[C@](C)(C(=O)OCC[Si](C)(C)C)C(=O)CC[C@@]2(C)[C@@H]1Cc1cn(S(=O)(=O)c2ccccc2)c2ccccc12. The number of esters is 1. The zero-order valence-electron chi connectivity index (χ0n) is 25.5. The summed E-state index contributed by atoms with van der Waals surface area (Å²) in [6.45, 7) is 15.6. The number of hydrogen-bond donors (Lipinski definition) is 0. The van der Waals surface area contributed by atoms with Crippen molar-refractivity contribution in [1.82, 2.24) is 3.97 Å². The number of aromatic nitrogens is 1. The zero-order valence-corrected chi connectivity index (χ0v) is 27.3. The molecular weight excluding hydrogens is 563 g/mol. The molecule has 2 saturated carbocycles. The number of rotatable bonds is 8. The van der Waals surface area contributed by atoms with E-state index in [0.29, 0.717) is 37.8 Å². The van der Waals surface area contributed by atoms with Crippen LogP contribution in [0.2, 0.25) is 25.7 Å². The van der Waals surface area contributed by atoms with Gasteiger partial charge >= 0.3 is 5.97 Å². The van der Waals surface area contributed by atoms with Gasteiger partial charge in [-0.25, -0.2) is 12.4 Å². The van der Waals surface area contributed by atoms with E-state index < -0.39 is 29.5 Å². The van der Waals surface area contributed by atoms with Gasteiger partial charge in [-0.05, 0) is 79.7 Å². The minimum atomic E-state index is -3.80. The third-order valence-electron chi connectivity index (χ3n) is 10.00. The first-order valence-corrected chi connectivity index (χ1v) is 20.1. The van der Waals surface area contributed by atoms with E-state index in [1.165, 1.54) is 3.97 Å². The molecule has 2 fully saturated rings. The van der Waals surface area contributed by atoms with Gasteiger partial charge in [0.25, 0.3) is 10.0 Å². The van der Waals surface area contributed by atoms with Crippen molar-refractivity contribution in [3.8, 4) is 0 Å². The van der Waals surface area contributed by atoms with Crippen molar-refractivity contribution in [2.75, 3.05) is 6.61 Å². The maximum atomic E-state index is 13.7. The van der Waals surface area contributed by atoms with E-state index >= 15 is 0 Å². The van der Waals surface area contributed by atoms with Crippen molar-refractivity contribution in [3.63, 3.8) is 0 Å². The molecule has 2 aromatic carbocycles. The molecule has 42 heavy (non-hydrogen) atoms. The minimum absolute atomic E-state index is 0.0165. The number of nitrogens with zero attached hydrogens (tertiary/aromatic N) is 1. The Morgan fingerprint density at radius 1 is 1.05 bits per heavy atom. The summed E-state index contributed by atoms with van der Waals surface area (Å²) >= 11 is 0. The van der Waals surface area contributed by atoms with Crippen LogP contribution in [0.15, 0.2) is 77.8 Å². The first-order chi connectivity index (χ1) is 19.7. The van der Waals surface area contributed by atoms with Crippen LogP contribution in [0, 0.1) is 22.7 Å². The van der Waals surface area contributed by atoms with E-state index in [4.69, 9.17) is 4.74 Å². The monoisotopic (exact) mass is 605 g/mol. The van der Waals surface area contributed by atoms with Gasteiger partial charge in [0.05, 0.1) is 17.0 Å². The number of hydrogen-bond acceptors (Lipinski definition) is 5. The standard InChI is InChI=1S/C34H43NO5SSi/c1-24-16-17-30-33(2,19-18-31(36)34(30,3)32(37)40-20-21-42(4,5)6)28(24)22-25-23-35(29-15-11-10-14-27(25)29)41(38,39)26-12-8-7-9-13-26/h7-15,23,28,30H,1,16-22H2,2-6H3/t28-,30+,33+,34+/m1/s1. The third-order valence-corrected chi connectivity index (χ3v) is 13.4. The Kier molecular flexibility index (Phi) is 7.94. The summed E-state index contributed by atoms with van der Waals surface area (Å²) in [4.78, 5) is 27.4. The molecule has 1 heterocycles. The average molecular weight is 606 g/mol. The van der Waals surface area contributed by atoms with Crippen molar-refractivity contribution in [2.45, 2.75) is 76.5 Å². The van der Waals surface area contributed by atoms with E-state index in [1.54, 1.807) is 43.5 Å². The second-order valence-electron chi connectivity index (χ2n) is 13.9. The zero-order chi connectivity index (χ0) is 30.5. The van der Waals surface area contributed by atoms with Gasteiger partial charge in [-0.15, -0.1) is 0 Å². The lowest BCUT2D eigenvalue weighted by Gasteiger charge is -2.56. The summed E-state index contributed by atoms with van der Waals surface area (Å²) < 4.78 is 34.6. The highest BCUT2D eigenvalue weighted by Crippen LogP contribution is 2.61. The smallest absolute Gasteiger partial charge is 0.319 e. The number of fused-ring (bicyclic) bond motifs is 2. The topological polar surface area (TPSA) is 82.4 Å². The van der Waals surface area contributed by atoms with Crippen LogP contribution >= 0.6 is 0 Å². The largest absolute Gasteiger partial charge is 0.465 e. The Bertz CT molecular complexity index is 1640. The molecule has 0 aliphatic heterocycles. The van der Waals surface area contributed by atoms with Crippen LogP contribution in [0.5, 0.6) is 0 Å². The lowest BCUT2D eigenvalue weighted by Crippen LogP contribution is -2.58. The molecule has 0 saturated heterocycles. The molecule has 4 atom stereocenters. The van der Waals surface area contributed by atoms with Gasteiger partial charge in [0.15, 0.2) is 0 Å². The predicted octanol–water partition coefficient (Wildman–Crippen LogP) is 7.26. The predicted molar refractivity (Wildman–Crippen MR) is 170 cm³/mol. The Labute approximate surface area is 251 Å². The van der Waals surface area contributed by atoms with Gasteiger partial charge < -0.3 is 4.74 Å². The Hall–Kier alpha value is -2.97. The van der Waals surface area contributed by atoms with Crippen LogP contribution in [-0.4, -0.2) is 38.8 Å². The van der Waals surface area contributed by atoms with E-state index in [-0.39, 0.29) is 27.9 Å². The molecule has 0 radical (unpaired) electrons. The lowest BCUT2D eigenvalue weighted by atomic mass is 9.46. The first-order valence-electron chi connectivity index (χ1n) is 15.0. The molecule has 2 aliphatic carbocycles. The van der Waals surface area contributed by atoms with Gasteiger partial charge in [-0.3, -0.25) is 9.59 Å². The number of carbonyl (C=O) groups excluding carboxylic acids is 2. The van der Waals surface area contributed by atoms with Gasteiger partial charge in [0.2, 0.25) is 0 Å². The maximum Gasteiger partial charge on any atom is 0.319 e. The molecule has 0 N–H and O–H groups in total. The second-order valence-corrected chi connectivity index (χ2v) is 21.3. The maximum absolute atomic E-state index is 13.7. The number of ether oxygens (including phenoxy) is 1. The number of allylic oxidation sites excluding steroid dienone is 1. The Balaban J connectivity index is 1.51. The number of carbonyl (C=O) groups is 2. The minimum Gasteiger partial charge on any atom is -0.465 e. The summed E-state index contributed by atoms with van der Waals surface area (Å²) in [5.41, 5.74) is 1.09. The second kappa shape index (κ2) is 10.9. The van der Waals surface area contributed by atoms with Crippen molar-refractivity contribution >= 4 is 40.8 Å². The van der Waals surface area contributed by atoms with Crippen LogP contribution in [0.4, 0.5) is 0 Å². The van der Waals surface area contributed by atoms with Gasteiger partial charge in [0.1, 0.15) is 11.2 Å². The number of para-hydroxylation sites is 1. The van der Waals surface area contributed by atoms with Gasteiger partial charge in [-0.2, -0.15) is 0 Å². The van der Waals surface area contributed by atoms with E-state index in [9.17, 15) is 18.0 Å². The van der Waals surface area contributed by atoms with E-state index in [0.717, 1.165) is 29.0 Å². The number of Topliss-reactive ketones (excluding diaryl/α,β-unsaturated/α-hetero) is 1. The van der Waals surface area contributed by atoms with E-state index in [2.05, 4.69) is 33.1 Å².